The molecule has 0 unspecified atom stereocenters. The molecule has 22 heavy (non-hydrogen) atoms. The van der Waals surface area contributed by atoms with E-state index in [1.165, 1.54) is 0 Å². The highest BCUT2D eigenvalue weighted by atomic mass is 32.1. The number of benzene rings is 1. The molecule has 1 N–H and O–H groups in total. The Balaban J connectivity index is 1.75. The lowest BCUT2D eigenvalue weighted by molar-refractivity contribution is -0.122. The zero-order valence-corrected chi connectivity index (χ0v) is 13.7. The maximum atomic E-state index is 12.4. The number of ether oxygens (including phenoxy) is 1. The van der Waals surface area contributed by atoms with Gasteiger partial charge in [-0.25, -0.2) is 0 Å². The van der Waals surface area contributed by atoms with Crippen molar-refractivity contribution in [3.63, 3.8) is 0 Å². The summed E-state index contributed by atoms with van der Waals surface area (Å²) in [5.74, 6) is 1.26. The van der Waals surface area contributed by atoms with E-state index in [0.717, 1.165) is 24.2 Å². The molecule has 1 aliphatic carbocycles. The highest BCUT2D eigenvalue weighted by Gasteiger charge is 2.41. The normalized spacial score (nSPS) is 20.0. The lowest BCUT2D eigenvalue weighted by Gasteiger charge is -2.11. The van der Waals surface area contributed by atoms with E-state index in [4.69, 9.17) is 17.0 Å². The summed E-state index contributed by atoms with van der Waals surface area (Å²) in [6.45, 7) is 4.90. The van der Waals surface area contributed by atoms with Crippen LogP contribution in [0.1, 0.15) is 32.3 Å². The van der Waals surface area contributed by atoms with Gasteiger partial charge in [-0.3, -0.25) is 9.69 Å². The first-order valence-electron chi connectivity index (χ1n) is 7.63. The van der Waals surface area contributed by atoms with Crippen molar-refractivity contribution in [1.82, 2.24) is 10.2 Å². The van der Waals surface area contributed by atoms with Crippen molar-refractivity contribution in [3.8, 4) is 5.75 Å². The molecule has 1 saturated carbocycles. The molecule has 1 heterocycles. The van der Waals surface area contributed by atoms with Gasteiger partial charge in [0.05, 0.1) is 6.61 Å². The predicted octanol–water partition coefficient (Wildman–Crippen LogP) is 2.94. The zero-order valence-electron chi connectivity index (χ0n) is 12.8. The first-order chi connectivity index (χ1) is 10.5. The molecule has 1 aliphatic heterocycles. The van der Waals surface area contributed by atoms with Gasteiger partial charge in [0.2, 0.25) is 0 Å². The molecule has 2 aliphatic rings. The van der Waals surface area contributed by atoms with E-state index < -0.39 is 0 Å². The van der Waals surface area contributed by atoms with Crippen LogP contribution in [0.3, 0.4) is 0 Å². The molecule has 1 aromatic carbocycles. The second-order valence-electron chi connectivity index (χ2n) is 6.17. The molecule has 2 fully saturated rings. The van der Waals surface area contributed by atoms with Gasteiger partial charge < -0.3 is 10.1 Å². The fourth-order valence-electron chi connectivity index (χ4n) is 2.34. The number of nitrogens with one attached hydrogen (secondary N) is 1. The molecule has 1 saturated heterocycles. The van der Waals surface area contributed by atoms with E-state index in [9.17, 15) is 4.79 Å². The van der Waals surface area contributed by atoms with Crippen molar-refractivity contribution in [2.45, 2.75) is 32.7 Å². The maximum Gasteiger partial charge on any atom is 0.276 e. The van der Waals surface area contributed by atoms with Gasteiger partial charge in [0, 0.05) is 6.04 Å². The zero-order chi connectivity index (χ0) is 15.7. The van der Waals surface area contributed by atoms with E-state index in [1.807, 2.05) is 30.3 Å². The number of rotatable bonds is 5. The van der Waals surface area contributed by atoms with Crippen LogP contribution in [0.15, 0.2) is 30.0 Å². The summed E-state index contributed by atoms with van der Waals surface area (Å²) in [4.78, 5) is 14.1. The summed E-state index contributed by atoms with van der Waals surface area (Å²) in [5.41, 5.74) is 1.47. The monoisotopic (exact) mass is 316 g/mol. The van der Waals surface area contributed by atoms with Crippen molar-refractivity contribution >= 4 is 29.3 Å². The third-order valence-electron chi connectivity index (χ3n) is 3.57. The van der Waals surface area contributed by atoms with Crippen molar-refractivity contribution in [3.05, 3.63) is 35.5 Å². The van der Waals surface area contributed by atoms with Gasteiger partial charge in [0.1, 0.15) is 11.4 Å². The quantitative estimate of drug-likeness (QED) is 0.670. The number of nitrogens with zero attached hydrogens (tertiary/aromatic N) is 1. The minimum atomic E-state index is -0.0269. The van der Waals surface area contributed by atoms with Gasteiger partial charge in [-0.2, -0.15) is 0 Å². The van der Waals surface area contributed by atoms with Crippen molar-refractivity contribution < 1.29 is 9.53 Å². The van der Waals surface area contributed by atoms with Crippen LogP contribution in [-0.4, -0.2) is 28.6 Å². The molecule has 4 nitrogen and oxygen atoms in total. The summed E-state index contributed by atoms with van der Waals surface area (Å²) in [6, 6.07) is 8.03. The Morgan fingerprint density at radius 2 is 2.23 bits per heavy atom. The molecule has 116 valence electrons. The molecule has 0 atom stereocenters. The molecule has 5 heteroatoms. The Bertz CT molecular complexity index is 635. The topological polar surface area (TPSA) is 41.6 Å². The molecular formula is C17H20N2O2S. The smallest absolute Gasteiger partial charge is 0.276 e. The first-order valence-corrected chi connectivity index (χ1v) is 8.04. The van der Waals surface area contributed by atoms with E-state index in [2.05, 4.69) is 19.2 Å². The third kappa shape index (κ3) is 3.30. The van der Waals surface area contributed by atoms with Gasteiger partial charge in [-0.1, -0.05) is 26.0 Å². The van der Waals surface area contributed by atoms with Gasteiger partial charge in [0.15, 0.2) is 5.11 Å². The highest BCUT2D eigenvalue weighted by Crippen LogP contribution is 2.31. The Kier molecular flexibility index (Phi) is 4.16. The number of carbonyl (C=O) groups is 1. The fraction of sp³-hybridized carbons (Fsp3) is 0.412. The Labute approximate surface area is 136 Å². The van der Waals surface area contributed by atoms with Crippen LogP contribution in [0.4, 0.5) is 0 Å². The molecule has 0 aromatic heterocycles. The molecule has 0 radical (unpaired) electrons. The molecule has 0 bridgehead atoms. The van der Waals surface area contributed by atoms with Crippen LogP contribution in [0, 0.1) is 5.92 Å². The third-order valence-corrected chi connectivity index (χ3v) is 3.87. The average molecular weight is 316 g/mol. The van der Waals surface area contributed by atoms with Crippen molar-refractivity contribution in [2.75, 3.05) is 6.61 Å². The minimum absolute atomic E-state index is 0.0269. The lowest BCUT2D eigenvalue weighted by Crippen LogP contribution is -2.32. The van der Waals surface area contributed by atoms with E-state index in [1.54, 1.807) is 4.90 Å². The van der Waals surface area contributed by atoms with Crippen LogP contribution in [0.2, 0.25) is 0 Å². The number of hydrogen-bond acceptors (Lipinski definition) is 3. The largest absolute Gasteiger partial charge is 0.493 e. The van der Waals surface area contributed by atoms with Gasteiger partial charge in [0.25, 0.3) is 5.91 Å². The fourth-order valence-corrected chi connectivity index (χ4v) is 2.68. The van der Waals surface area contributed by atoms with E-state index in [-0.39, 0.29) is 5.91 Å². The first kappa shape index (κ1) is 15.0. The number of thiocarbonyl (C=S) groups is 1. The van der Waals surface area contributed by atoms with E-state index in [0.29, 0.717) is 29.4 Å². The maximum absolute atomic E-state index is 12.4. The van der Waals surface area contributed by atoms with Gasteiger partial charge in [-0.15, -0.1) is 0 Å². The van der Waals surface area contributed by atoms with Gasteiger partial charge >= 0.3 is 0 Å². The van der Waals surface area contributed by atoms with Crippen LogP contribution >= 0.6 is 12.2 Å². The number of amides is 1. The summed E-state index contributed by atoms with van der Waals surface area (Å²) < 4.78 is 5.72. The Morgan fingerprint density at radius 1 is 1.45 bits per heavy atom. The highest BCUT2D eigenvalue weighted by molar-refractivity contribution is 7.80. The molecule has 3 rings (SSSR count). The molecular weight excluding hydrogens is 296 g/mol. The second-order valence-corrected chi connectivity index (χ2v) is 6.56. The summed E-state index contributed by atoms with van der Waals surface area (Å²) >= 11 is 5.25. The summed E-state index contributed by atoms with van der Waals surface area (Å²) in [7, 11) is 0. The lowest BCUT2D eigenvalue weighted by atomic mass is 10.1. The van der Waals surface area contributed by atoms with Crippen molar-refractivity contribution in [2.24, 2.45) is 5.92 Å². The number of hydrogen-bond donors (Lipinski definition) is 1. The van der Waals surface area contributed by atoms with E-state index >= 15 is 0 Å². The molecule has 0 spiro atoms. The van der Waals surface area contributed by atoms with Crippen LogP contribution in [0.25, 0.3) is 6.08 Å². The predicted molar refractivity (Wildman–Crippen MR) is 90.4 cm³/mol. The van der Waals surface area contributed by atoms with Crippen LogP contribution in [-0.2, 0) is 4.79 Å². The Hall–Kier alpha value is -1.88. The van der Waals surface area contributed by atoms with Crippen LogP contribution in [0.5, 0.6) is 5.75 Å². The SMILES string of the molecule is CC(C)COc1cccc(/C=C2/NC(=S)N(C3CC3)C2=O)c1. The molecule has 1 aromatic rings. The minimum Gasteiger partial charge on any atom is -0.493 e. The standard InChI is InChI=1S/C17H20N2O2S/c1-11(2)10-21-14-5-3-4-12(8-14)9-15-16(20)19(13-6-7-13)17(22)18-15/h3-5,8-9,11,13H,6-7,10H2,1-2H3,(H,18,22)/b15-9+. The summed E-state index contributed by atoms with van der Waals surface area (Å²) in [5, 5.41) is 3.54. The average Bonchev–Trinajstić information content (AvgIpc) is 3.25. The van der Waals surface area contributed by atoms with Crippen molar-refractivity contribution in [1.29, 1.82) is 0 Å². The van der Waals surface area contributed by atoms with Crippen LogP contribution < -0.4 is 10.1 Å². The molecule has 1 amide bonds. The Morgan fingerprint density at radius 3 is 2.91 bits per heavy atom. The second kappa shape index (κ2) is 6.08. The van der Waals surface area contributed by atoms with Gasteiger partial charge in [-0.05, 0) is 54.7 Å². The number of carbonyl (C=O) groups excluding carboxylic acids is 1. The summed E-state index contributed by atoms with van der Waals surface area (Å²) in [6.07, 6.45) is 3.91.